The number of quaternary nitrogens is 1. The molecule has 1 rings (SSSR count). The maximum atomic E-state index is 12.7. The molecular formula is C10H10F3NO3. The third-order valence-corrected chi connectivity index (χ3v) is 2.31. The number of benzene rings is 1. The number of rotatable bonds is 3. The van der Waals surface area contributed by atoms with E-state index in [2.05, 4.69) is 5.73 Å². The Bertz CT molecular complexity index is 402. The second-order valence-corrected chi connectivity index (χ2v) is 3.54. The first-order valence-electron chi connectivity index (χ1n) is 4.63. The lowest BCUT2D eigenvalue weighted by Gasteiger charge is -2.24. The van der Waals surface area contributed by atoms with E-state index in [1.54, 1.807) is 0 Å². The molecule has 17 heavy (non-hydrogen) atoms. The SMILES string of the molecule is [NH3+][C@H](C(=O)[O-])[C@@H](c1ccc(O)cc1)C(F)(F)F. The molecule has 7 heteroatoms. The smallest absolute Gasteiger partial charge is 0.401 e. The van der Waals surface area contributed by atoms with Gasteiger partial charge in [0.2, 0.25) is 0 Å². The molecular weight excluding hydrogens is 239 g/mol. The van der Waals surface area contributed by atoms with Crippen LogP contribution in [0.3, 0.4) is 0 Å². The van der Waals surface area contributed by atoms with Crippen LogP contribution in [0.15, 0.2) is 24.3 Å². The number of aliphatic carboxylic acids is 1. The van der Waals surface area contributed by atoms with E-state index < -0.39 is 24.1 Å². The van der Waals surface area contributed by atoms with Crippen molar-refractivity contribution in [1.29, 1.82) is 0 Å². The maximum absolute atomic E-state index is 12.7. The number of phenolic OH excluding ortho intramolecular Hbond substituents is 1. The number of aromatic hydroxyl groups is 1. The Labute approximate surface area is 94.5 Å². The average Bonchev–Trinajstić information content (AvgIpc) is 2.19. The highest BCUT2D eigenvalue weighted by Gasteiger charge is 2.47. The van der Waals surface area contributed by atoms with E-state index in [4.69, 9.17) is 5.11 Å². The van der Waals surface area contributed by atoms with Gasteiger partial charge < -0.3 is 20.7 Å². The zero-order valence-electron chi connectivity index (χ0n) is 8.57. The maximum Gasteiger partial charge on any atom is 0.401 e. The van der Waals surface area contributed by atoms with Gasteiger partial charge in [0.05, 0.1) is 0 Å². The molecule has 0 unspecified atom stereocenters. The largest absolute Gasteiger partial charge is 0.544 e. The summed E-state index contributed by atoms with van der Waals surface area (Å²) in [5.41, 5.74) is 2.68. The van der Waals surface area contributed by atoms with Crippen molar-refractivity contribution >= 4 is 5.97 Å². The van der Waals surface area contributed by atoms with Gasteiger partial charge in [-0.1, -0.05) is 12.1 Å². The molecule has 0 aliphatic heterocycles. The van der Waals surface area contributed by atoms with Crippen LogP contribution in [0.5, 0.6) is 5.75 Å². The number of carboxylic acids is 1. The molecule has 0 heterocycles. The lowest BCUT2D eigenvalue weighted by Crippen LogP contribution is -2.72. The van der Waals surface area contributed by atoms with Crippen molar-refractivity contribution in [2.75, 3.05) is 0 Å². The molecule has 1 aromatic carbocycles. The van der Waals surface area contributed by atoms with Crippen LogP contribution in [-0.4, -0.2) is 23.3 Å². The van der Waals surface area contributed by atoms with Crippen LogP contribution in [0.1, 0.15) is 11.5 Å². The molecule has 0 radical (unpaired) electrons. The molecule has 0 saturated heterocycles. The van der Waals surface area contributed by atoms with Crippen molar-refractivity contribution in [1.82, 2.24) is 0 Å². The summed E-state index contributed by atoms with van der Waals surface area (Å²) in [7, 11) is 0. The van der Waals surface area contributed by atoms with Crippen molar-refractivity contribution in [3.63, 3.8) is 0 Å². The first-order chi connectivity index (χ1) is 7.73. The van der Waals surface area contributed by atoms with Gasteiger partial charge in [-0.25, -0.2) is 0 Å². The second-order valence-electron chi connectivity index (χ2n) is 3.54. The van der Waals surface area contributed by atoms with Gasteiger partial charge in [0.1, 0.15) is 23.7 Å². The topological polar surface area (TPSA) is 88.0 Å². The molecule has 0 aromatic heterocycles. The quantitative estimate of drug-likeness (QED) is 0.749. The Morgan fingerprint density at radius 2 is 1.76 bits per heavy atom. The predicted octanol–water partition coefficient (Wildman–Crippen LogP) is -0.601. The minimum atomic E-state index is -4.75. The Balaban J connectivity index is 3.15. The molecule has 2 atom stereocenters. The first-order valence-corrected chi connectivity index (χ1v) is 4.63. The summed E-state index contributed by atoms with van der Waals surface area (Å²) in [4.78, 5) is 10.5. The van der Waals surface area contributed by atoms with E-state index in [0.717, 1.165) is 24.3 Å². The van der Waals surface area contributed by atoms with Gasteiger partial charge >= 0.3 is 6.18 Å². The average molecular weight is 249 g/mol. The highest BCUT2D eigenvalue weighted by Crippen LogP contribution is 2.36. The first kappa shape index (κ1) is 13.3. The zero-order valence-corrected chi connectivity index (χ0v) is 8.57. The molecule has 0 amide bonds. The molecule has 4 nitrogen and oxygen atoms in total. The predicted molar refractivity (Wildman–Crippen MR) is 48.6 cm³/mol. The Morgan fingerprint density at radius 3 is 2.12 bits per heavy atom. The zero-order chi connectivity index (χ0) is 13.2. The number of phenols is 1. The van der Waals surface area contributed by atoms with Crippen LogP contribution >= 0.6 is 0 Å². The lowest BCUT2D eigenvalue weighted by atomic mass is 9.91. The van der Waals surface area contributed by atoms with Gasteiger partial charge in [-0.2, -0.15) is 13.2 Å². The highest BCUT2D eigenvalue weighted by atomic mass is 19.4. The summed E-state index contributed by atoms with van der Waals surface area (Å²) in [6.45, 7) is 0. The van der Waals surface area contributed by atoms with Crippen molar-refractivity contribution in [3.8, 4) is 5.75 Å². The lowest BCUT2D eigenvalue weighted by molar-refractivity contribution is -0.453. The number of carbonyl (C=O) groups is 1. The summed E-state index contributed by atoms with van der Waals surface area (Å²) in [5, 5.41) is 19.5. The van der Waals surface area contributed by atoms with Gasteiger partial charge in [0, 0.05) is 0 Å². The Kier molecular flexibility index (Phi) is 3.62. The van der Waals surface area contributed by atoms with E-state index in [-0.39, 0.29) is 11.3 Å². The third-order valence-electron chi connectivity index (χ3n) is 2.31. The Morgan fingerprint density at radius 1 is 1.29 bits per heavy atom. The van der Waals surface area contributed by atoms with Crippen molar-refractivity contribution in [2.24, 2.45) is 0 Å². The summed E-state index contributed by atoms with van der Waals surface area (Å²) in [6.07, 6.45) is -4.75. The summed E-state index contributed by atoms with van der Waals surface area (Å²) in [5.74, 6) is -4.34. The van der Waals surface area contributed by atoms with E-state index in [1.807, 2.05) is 0 Å². The van der Waals surface area contributed by atoms with Crippen molar-refractivity contribution in [3.05, 3.63) is 29.8 Å². The second kappa shape index (κ2) is 4.62. The normalized spacial score (nSPS) is 15.3. The van der Waals surface area contributed by atoms with Crippen molar-refractivity contribution in [2.45, 2.75) is 18.1 Å². The Hall–Kier alpha value is -1.76. The minimum absolute atomic E-state index is 0.205. The summed E-state index contributed by atoms with van der Waals surface area (Å²) >= 11 is 0. The monoisotopic (exact) mass is 249 g/mol. The van der Waals surface area contributed by atoms with E-state index in [1.165, 1.54) is 0 Å². The highest BCUT2D eigenvalue weighted by molar-refractivity contribution is 5.71. The minimum Gasteiger partial charge on any atom is -0.544 e. The standard InChI is InChI=1S/C10H10F3NO3/c11-10(12,13)7(8(14)9(16)17)5-1-3-6(15)4-2-5/h1-4,7-8,15H,14H2,(H,16,17)/t7-,8+/m1/s1. The molecule has 0 fully saturated rings. The molecule has 1 aromatic rings. The van der Waals surface area contributed by atoms with Crippen LogP contribution in [0.4, 0.5) is 13.2 Å². The molecule has 94 valence electrons. The van der Waals surface area contributed by atoms with Gasteiger partial charge in [-0.15, -0.1) is 0 Å². The fourth-order valence-electron chi connectivity index (χ4n) is 1.47. The van der Waals surface area contributed by atoms with E-state index >= 15 is 0 Å². The molecule has 0 bridgehead atoms. The van der Waals surface area contributed by atoms with Crippen LogP contribution in [-0.2, 0) is 4.79 Å². The van der Waals surface area contributed by atoms with Gasteiger partial charge in [0.15, 0.2) is 0 Å². The van der Waals surface area contributed by atoms with Gasteiger partial charge in [-0.05, 0) is 17.7 Å². The molecule has 0 spiro atoms. The van der Waals surface area contributed by atoms with E-state index in [9.17, 15) is 23.1 Å². The number of alkyl halides is 3. The van der Waals surface area contributed by atoms with Gasteiger partial charge in [-0.3, -0.25) is 0 Å². The van der Waals surface area contributed by atoms with Crippen LogP contribution < -0.4 is 10.8 Å². The fourth-order valence-corrected chi connectivity index (χ4v) is 1.47. The number of hydrogen-bond donors (Lipinski definition) is 2. The number of carboxylic acid groups (broad SMARTS) is 1. The van der Waals surface area contributed by atoms with Gasteiger partial charge in [0.25, 0.3) is 0 Å². The van der Waals surface area contributed by atoms with Crippen LogP contribution in [0, 0.1) is 0 Å². The van der Waals surface area contributed by atoms with Crippen LogP contribution in [0.25, 0.3) is 0 Å². The third kappa shape index (κ3) is 3.10. The molecule has 0 saturated carbocycles. The van der Waals surface area contributed by atoms with Crippen molar-refractivity contribution < 1.29 is 33.9 Å². The number of halogens is 3. The molecule has 0 aliphatic rings. The number of hydrogen-bond acceptors (Lipinski definition) is 3. The van der Waals surface area contributed by atoms with E-state index in [0.29, 0.717) is 0 Å². The van der Waals surface area contributed by atoms with Crippen LogP contribution in [0.2, 0.25) is 0 Å². The molecule has 0 aliphatic carbocycles. The summed E-state index contributed by atoms with van der Waals surface area (Å²) in [6, 6.07) is 2.18. The molecule has 4 N–H and O–H groups in total. The number of carbonyl (C=O) groups excluding carboxylic acids is 1. The fraction of sp³-hybridized carbons (Fsp3) is 0.300. The summed E-state index contributed by atoms with van der Waals surface area (Å²) < 4.78 is 38.2.